The number of hydrogen-bond acceptors (Lipinski definition) is 4. The van der Waals surface area contributed by atoms with E-state index in [1.807, 2.05) is 0 Å². The first-order valence-electron chi connectivity index (χ1n) is 5.85. The van der Waals surface area contributed by atoms with Crippen molar-refractivity contribution in [2.45, 2.75) is 18.0 Å². The molecule has 0 unspecified atom stereocenters. The van der Waals surface area contributed by atoms with Crippen LogP contribution in [0.3, 0.4) is 0 Å². The van der Waals surface area contributed by atoms with E-state index in [2.05, 4.69) is 14.9 Å². The second-order valence-corrected chi connectivity index (χ2v) is 5.96. The lowest BCUT2D eigenvalue weighted by Gasteiger charge is -2.14. The first kappa shape index (κ1) is 15.1. The van der Waals surface area contributed by atoms with Crippen molar-refractivity contribution < 1.29 is 22.7 Å². The Morgan fingerprint density at radius 3 is 2.57 bits per heavy atom. The molecule has 0 fully saturated rings. The minimum Gasteiger partial charge on any atom is -0.478 e. The Kier molecular flexibility index (Phi) is 4.05. The summed E-state index contributed by atoms with van der Waals surface area (Å²) in [5, 5.41) is 14.0. The van der Waals surface area contributed by atoms with Crippen LogP contribution in [-0.4, -0.2) is 29.7 Å². The van der Waals surface area contributed by atoms with Gasteiger partial charge in [0, 0.05) is 6.04 Å². The van der Waals surface area contributed by atoms with Gasteiger partial charge in [-0.2, -0.15) is 5.10 Å². The summed E-state index contributed by atoms with van der Waals surface area (Å²) in [5.74, 6) is -1.84. The van der Waals surface area contributed by atoms with E-state index >= 15 is 0 Å². The number of aromatic nitrogens is 2. The van der Waals surface area contributed by atoms with Crippen LogP contribution in [0.1, 0.15) is 28.9 Å². The highest BCUT2D eigenvalue weighted by atomic mass is 32.2. The van der Waals surface area contributed by atoms with Crippen molar-refractivity contribution in [3.05, 3.63) is 47.4 Å². The molecule has 2 aromatic rings. The van der Waals surface area contributed by atoms with Gasteiger partial charge in [-0.25, -0.2) is 22.3 Å². The summed E-state index contributed by atoms with van der Waals surface area (Å²) in [4.78, 5) is 10.9. The average Bonchev–Trinajstić information content (AvgIpc) is 2.89. The Balaban J connectivity index is 2.27. The number of aromatic amines is 1. The van der Waals surface area contributed by atoms with Gasteiger partial charge in [0.05, 0.1) is 6.20 Å². The smallest absolute Gasteiger partial charge is 0.340 e. The van der Waals surface area contributed by atoms with Crippen LogP contribution in [0.25, 0.3) is 0 Å². The molecular weight excluding hydrogens is 301 g/mol. The monoisotopic (exact) mass is 313 g/mol. The van der Waals surface area contributed by atoms with Crippen LogP contribution in [0, 0.1) is 5.82 Å². The van der Waals surface area contributed by atoms with E-state index in [-0.39, 0.29) is 0 Å². The van der Waals surface area contributed by atoms with Crippen molar-refractivity contribution in [2.75, 3.05) is 0 Å². The molecule has 1 heterocycles. The molecule has 0 aliphatic carbocycles. The van der Waals surface area contributed by atoms with Crippen molar-refractivity contribution in [3.8, 4) is 0 Å². The zero-order valence-corrected chi connectivity index (χ0v) is 11.7. The van der Waals surface area contributed by atoms with Gasteiger partial charge in [-0.3, -0.25) is 5.10 Å². The topological polar surface area (TPSA) is 112 Å². The molecule has 1 aromatic heterocycles. The zero-order chi connectivity index (χ0) is 15.6. The van der Waals surface area contributed by atoms with Crippen LogP contribution in [-0.2, 0) is 10.0 Å². The maximum absolute atomic E-state index is 12.8. The van der Waals surface area contributed by atoms with Gasteiger partial charge < -0.3 is 5.11 Å². The van der Waals surface area contributed by atoms with Gasteiger partial charge in [0.25, 0.3) is 10.0 Å². The summed E-state index contributed by atoms with van der Waals surface area (Å²) >= 11 is 0. The molecule has 2 rings (SSSR count). The van der Waals surface area contributed by atoms with Gasteiger partial charge in [-0.1, -0.05) is 12.1 Å². The minimum atomic E-state index is -4.09. The molecule has 0 radical (unpaired) electrons. The minimum absolute atomic E-state index is 0.435. The largest absolute Gasteiger partial charge is 0.478 e. The number of nitrogens with one attached hydrogen (secondary N) is 2. The third-order valence-corrected chi connectivity index (χ3v) is 4.32. The molecule has 0 saturated heterocycles. The van der Waals surface area contributed by atoms with Gasteiger partial charge in [0.2, 0.25) is 0 Å². The quantitative estimate of drug-likeness (QED) is 0.770. The molecule has 112 valence electrons. The number of carboxylic acid groups (broad SMARTS) is 1. The highest BCUT2D eigenvalue weighted by Crippen LogP contribution is 2.18. The van der Waals surface area contributed by atoms with Crippen molar-refractivity contribution in [3.63, 3.8) is 0 Å². The molecule has 1 atom stereocenters. The first-order chi connectivity index (χ1) is 9.81. The van der Waals surface area contributed by atoms with E-state index in [9.17, 15) is 17.6 Å². The van der Waals surface area contributed by atoms with Gasteiger partial charge in [-0.15, -0.1) is 0 Å². The van der Waals surface area contributed by atoms with Crippen LogP contribution in [0.5, 0.6) is 0 Å². The fourth-order valence-electron chi connectivity index (χ4n) is 1.74. The van der Waals surface area contributed by atoms with Gasteiger partial charge in [0.15, 0.2) is 5.03 Å². The van der Waals surface area contributed by atoms with Gasteiger partial charge >= 0.3 is 5.97 Å². The maximum Gasteiger partial charge on any atom is 0.340 e. The standard InChI is InChI=1S/C12H12FN3O4S/c1-7(8-2-4-9(13)5-3-8)16-21(19,20)11-10(12(17)18)6-14-15-11/h2-7,16H,1H3,(H,14,15)(H,17,18)/t7-/m1/s1. The van der Waals surface area contributed by atoms with Gasteiger partial charge in [-0.05, 0) is 24.6 Å². The van der Waals surface area contributed by atoms with Gasteiger partial charge in [0.1, 0.15) is 11.4 Å². The number of sulfonamides is 1. The number of carboxylic acids is 1. The maximum atomic E-state index is 12.8. The number of carbonyl (C=O) groups is 1. The Hall–Kier alpha value is -2.26. The summed E-state index contributed by atoms with van der Waals surface area (Å²) in [5.41, 5.74) is 0.0881. The third-order valence-electron chi connectivity index (χ3n) is 2.81. The van der Waals surface area contributed by atoms with Crippen molar-refractivity contribution in [1.82, 2.24) is 14.9 Å². The van der Waals surface area contributed by atoms with Crippen LogP contribution in [0.4, 0.5) is 4.39 Å². The van der Waals surface area contributed by atoms with E-state index < -0.39 is 38.4 Å². The Morgan fingerprint density at radius 2 is 2.00 bits per heavy atom. The predicted octanol–water partition coefficient (Wildman–Crippen LogP) is 1.29. The normalized spacial score (nSPS) is 13.0. The predicted molar refractivity (Wildman–Crippen MR) is 70.7 cm³/mol. The zero-order valence-electron chi connectivity index (χ0n) is 10.9. The van der Waals surface area contributed by atoms with Crippen molar-refractivity contribution in [1.29, 1.82) is 0 Å². The summed E-state index contributed by atoms with van der Waals surface area (Å²) in [6.45, 7) is 1.56. The third kappa shape index (κ3) is 3.26. The average molecular weight is 313 g/mol. The molecule has 3 N–H and O–H groups in total. The molecule has 0 aliphatic rings. The number of rotatable bonds is 5. The van der Waals surface area contributed by atoms with E-state index in [1.54, 1.807) is 6.92 Å². The molecule has 21 heavy (non-hydrogen) atoms. The van der Waals surface area contributed by atoms with Crippen LogP contribution >= 0.6 is 0 Å². The number of nitrogens with zero attached hydrogens (tertiary/aromatic N) is 1. The molecule has 0 amide bonds. The van der Waals surface area contributed by atoms with Crippen LogP contribution < -0.4 is 4.72 Å². The van der Waals surface area contributed by atoms with E-state index in [4.69, 9.17) is 5.11 Å². The highest BCUT2D eigenvalue weighted by Gasteiger charge is 2.26. The highest BCUT2D eigenvalue weighted by molar-refractivity contribution is 7.89. The molecular formula is C12H12FN3O4S. The lowest BCUT2D eigenvalue weighted by atomic mass is 10.1. The number of aromatic carboxylic acids is 1. The number of halogens is 1. The first-order valence-corrected chi connectivity index (χ1v) is 7.34. The number of benzene rings is 1. The summed E-state index contributed by atoms with van der Waals surface area (Å²) < 4.78 is 39.4. The lowest BCUT2D eigenvalue weighted by Crippen LogP contribution is -2.28. The summed E-state index contributed by atoms with van der Waals surface area (Å²) in [6.07, 6.45) is 0.916. The molecule has 9 heteroatoms. The second kappa shape index (κ2) is 5.62. The Labute approximate surface area is 119 Å². The summed E-state index contributed by atoms with van der Waals surface area (Å²) in [7, 11) is -4.09. The van der Waals surface area contributed by atoms with Crippen molar-refractivity contribution in [2.24, 2.45) is 0 Å². The lowest BCUT2D eigenvalue weighted by molar-refractivity contribution is 0.0692. The molecule has 1 aromatic carbocycles. The number of hydrogen-bond donors (Lipinski definition) is 3. The molecule has 0 saturated carbocycles. The molecule has 0 spiro atoms. The SMILES string of the molecule is C[C@@H](NS(=O)(=O)c1[nH]ncc1C(=O)O)c1ccc(F)cc1. The van der Waals surface area contributed by atoms with E-state index in [0.29, 0.717) is 5.56 Å². The second-order valence-electron chi connectivity index (χ2n) is 4.31. The fourth-order valence-corrected chi connectivity index (χ4v) is 3.06. The van der Waals surface area contributed by atoms with Crippen molar-refractivity contribution >= 4 is 16.0 Å². The molecule has 0 bridgehead atoms. The Bertz CT molecular complexity index is 755. The molecule has 7 nitrogen and oxygen atoms in total. The van der Waals surface area contributed by atoms with Crippen LogP contribution in [0.15, 0.2) is 35.5 Å². The van der Waals surface area contributed by atoms with Crippen LogP contribution in [0.2, 0.25) is 0 Å². The Morgan fingerprint density at radius 1 is 1.38 bits per heavy atom. The van der Waals surface area contributed by atoms with E-state index in [1.165, 1.54) is 24.3 Å². The summed E-state index contributed by atoms with van der Waals surface area (Å²) in [6, 6.07) is 4.62. The number of H-pyrrole nitrogens is 1. The van der Waals surface area contributed by atoms with E-state index in [0.717, 1.165) is 6.20 Å². The fraction of sp³-hybridized carbons (Fsp3) is 0.167. The molecule has 0 aliphatic heterocycles.